The summed E-state index contributed by atoms with van der Waals surface area (Å²) in [6.45, 7) is 0.700. The van der Waals surface area contributed by atoms with E-state index in [1.807, 2.05) is 17.0 Å². The highest BCUT2D eigenvalue weighted by Gasteiger charge is 2.30. The van der Waals surface area contributed by atoms with Crippen LogP contribution >= 0.6 is 12.2 Å². The number of pyridine rings is 1. The van der Waals surface area contributed by atoms with Crippen LogP contribution < -0.4 is 5.32 Å². The Hall–Kier alpha value is -2.48. The molecule has 1 saturated heterocycles. The summed E-state index contributed by atoms with van der Waals surface area (Å²) in [6.07, 6.45) is 1.93. The van der Waals surface area contributed by atoms with Crippen LogP contribution in [0, 0.1) is 0 Å². The third kappa shape index (κ3) is 4.63. The van der Waals surface area contributed by atoms with Gasteiger partial charge in [-0.3, -0.25) is 15.1 Å². The van der Waals surface area contributed by atoms with Gasteiger partial charge in [0, 0.05) is 24.5 Å². The molecule has 0 radical (unpaired) electrons. The number of nitrogens with one attached hydrogen (secondary N) is 1. The molecule has 0 spiro atoms. The van der Waals surface area contributed by atoms with Gasteiger partial charge in [-0.05, 0) is 67.4 Å². The monoisotopic (exact) mass is 393 g/mol. The van der Waals surface area contributed by atoms with Gasteiger partial charge in [-0.25, -0.2) is 0 Å². The van der Waals surface area contributed by atoms with Crippen molar-refractivity contribution < 1.29 is 18.0 Å². The van der Waals surface area contributed by atoms with Crippen molar-refractivity contribution >= 4 is 23.2 Å². The Balaban J connectivity index is 1.70. The fourth-order valence-electron chi connectivity index (χ4n) is 3.15. The first-order valence-electron chi connectivity index (χ1n) is 8.55. The second-order valence-corrected chi connectivity index (χ2v) is 6.71. The van der Waals surface area contributed by atoms with Crippen molar-refractivity contribution in [3.63, 3.8) is 0 Å². The van der Waals surface area contributed by atoms with Crippen LogP contribution in [0.15, 0.2) is 48.8 Å². The Bertz CT molecular complexity index is 809. The highest BCUT2D eigenvalue weighted by molar-refractivity contribution is 7.80. The van der Waals surface area contributed by atoms with Gasteiger partial charge in [0.15, 0.2) is 5.11 Å². The number of carbonyl (C=O) groups is 1. The van der Waals surface area contributed by atoms with Crippen LogP contribution in [0.5, 0.6) is 0 Å². The standard InChI is InChI=1S/C19H18F3N3OS/c20-19(21,22)15-8-6-13(7-9-15)17(26)24-18(27)25-11-2-1-5-16(25)14-4-3-10-23-12-14/h3-4,6-10,12,16H,1-2,5,11H2,(H,24,26,27). The maximum Gasteiger partial charge on any atom is 0.416 e. The first-order valence-corrected chi connectivity index (χ1v) is 8.96. The summed E-state index contributed by atoms with van der Waals surface area (Å²) >= 11 is 5.41. The minimum absolute atomic E-state index is 0.0212. The lowest BCUT2D eigenvalue weighted by Gasteiger charge is -2.37. The largest absolute Gasteiger partial charge is 0.416 e. The minimum atomic E-state index is -4.44. The average molecular weight is 393 g/mol. The van der Waals surface area contributed by atoms with Crippen molar-refractivity contribution in [1.82, 2.24) is 15.2 Å². The quantitative estimate of drug-likeness (QED) is 0.771. The summed E-state index contributed by atoms with van der Waals surface area (Å²) in [5.74, 6) is -0.524. The van der Waals surface area contributed by atoms with Crippen LogP contribution in [0.2, 0.25) is 0 Å². The molecule has 27 heavy (non-hydrogen) atoms. The van der Waals surface area contributed by atoms with Crippen LogP contribution in [0.25, 0.3) is 0 Å². The molecule has 4 nitrogen and oxygen atoms in total. The molecule has 2 aromatic rings. The average Bonchev–Trinajstić information content (AvgIpc) is 2.68. The molecule has 3 rings (SSSR count). The van der Waals surface area contributed by atoms with Crippen molar-refractivity contribution in [3.05, 3.63) is 65.5 Å². The van der Waals surface area contributed by atoms with Crippen molar-refractivity contribution in [2.45, 2.75) is 31.5 Å². The number of hydrogen-bond donors (Lipinski definition) is 1. The summed E-state index contributed by atoms with van der Waals surface area (Å²) in [4.78, 5) is 18.5. The molecule has 1 atom stereocenters. The van der Waals surface area contributed by atoms with Crippen LogP contribution in [0.3, 0.4) is 0 Å². The number of thiocarbonyl (C=S) groups is 1. The van der Waals surface area contributed by atoms with Crippen LogP contribution in [-0.4, -0.2) is 27.4 Å². The number of hydrogen-bond acceptors (Lipinski definition) is 3. The molecule has 0 saturated carbocycles. The zero-order valence-electron chi connectivity index (χ0n) is 14.4. The zero-order chi connectivity index (χ0) is 19.4. The molecule has 1 aliphatic rings. The Labute approximate surface area is 160 Å². The SMILES string of the molecule is O=C(NC(=S)N1CCCCC1c1cccnc1)c1ccc(C(F)(F)F)cc1. The van der Waals surface area contributed by atoms with E-state index in [1.165, 1.54) is 0 Å². The molecule has 0 aliphatic carbocycles. The molecule has 1 aromatic carbocycles. The normalized spacial score (nSPS) is 17.4. The van der Waals surface area contributed by atoms with E-state index < -0.39 is 17.6 Å². The summed E-state index contributed by atoms with van der Waals surface area (Å²) in [6, 6.07) is 7.91. The molecular weight excluding hydrogens is 375 g/mol. The number of benzene rings is 1. The van der Waals surface area contributed by atoms with Crippen molar-refractivity contribution in [1.29, 1.82) is 0 Å². The topological polar surface area (TPSA) is 45.2 Å². The number of carbonyl (C=O) groups excluding carboxylic acids is 1. The Morgan fingerprint density at radius 1 is 1.19 bits per heavy atom. The van der Waals surface area contributed by atoms with Crippen molar-refractivity contribution in [2.75, 3.05) is 6.54 Å². The van der Waals surface area contributed by atoms with Crippen molar-refractivity contribution in [2.24, 2.45) is 0 Å². The second kappa shape index (κ2) is 8.04. The van der Waals surface area contributed by atoms with Crippen LogP contribution in [0.1, 0.15) is 46.8 Å². The third-order valence-corrected chi connectivity index (χ3v) is 4.86. The third-order valence-electron chi connectivity index (χ3n) is 4.53. The van der Waals surface area contributed by atoms with Gasteiger partial charge in [0.05, 0.1) is 11.6 Å². The first-order chi connectivity index (χ1) is 12.9. The van der Waals surface area contributed by atoms with Gasteiger partial charge in [-0.15, -0.1) is 0 Å². The fraction of sp³-hybridized carbons (Fsp3) is 0.316. The number of piperidine rings is 1. The lowest BCUT2D eigenvalue weighted by Crippen LogP contribution is -2.46. The molecule has 8 heteroatoms. The van der Waals surface area contributed by atoms with Gasteiger partial charge < -0.3 is 4.90 Å². The number of likely N-dealkylation sites (tertiary alicyclic amines) is 1. The van der Waals surface area contributed by atoms with E-state index in [1.54, 1.807) is 12.4 Å². The number of rotatable bonds is 2. The van der Waals surface area contributed by atoms with E-state index in [4.69, 9.17) is 12.2 Å². The maximum atomic E-state index is 12.6. The van der Waals surface area contributed by atoms with E-state index in [-0.39, 0.29) is 16.7 Å². The predicted molar refractivity (Wildman–Crippen MR) is 99.0 cm³/mol. The van der Waals surface area contributed by atoms with E-state index in [0.29, 0.717) is 6.54 Å². The summed E-state index contributed by atoms with van der Waals surface area (Å²) < 4.78 is 37.9. The minimum Gasteiger partial charge on any atom is -0.342 e. The molecule has 1 N–H and O–H groups in total. The van der Waals surface area contributed by atoms with Crippen LogP contribution in [-0.2, 0) is 6.18 Å². The number of nitrogens with zero attached hydrogens (tertiary/aromatic N) is 2. The number of alkyl halides is 3. The molecule has 2 heterocycles. The van der Waals surface area contributed by atoms with Gasteiger partial charge >= 0.3 is 6.18 Å². The van der Waals surface area contributed by atoms with E-state index in [9.17, 15) is 18.0 Å². The summed E-state index contributed by atoms with van der Waals surface area (Å²) in [5, 5.41) is 2.91. The number of aromatic nitrogens is 1. The zero-order valence-corrected chi connectivity index (χ0v) is 15.2. The smallest absolute Gasteiger partial charge is 0.342 e. The molecule has 1 fully saturated rings. The molecule has 1 aliphatic heterocycles. The summed E-state index contributed by atoms with van der Waals surface area (Å²) in [5.41, 5.74) is 0.345. The lowest BCUT2D eigenvalue weighted by molar-refractivity contribution is -0.137. The molecular formula is C19H18F3N3OS. The van der Waals surface area contributed by atoms with Crippen LogP contribution in [0.4, 0.5) is 13.2 Å². The Morgan fingerprint density at radius 3 is 2.56 bits per heavy atom. The Morgan fingerprint density at radius 2 is 1.93 bits per heavy atom. The van der Waals surface area contributed by atoms with E-state index in [2.05, 4.69) is 10.3 Å². The second-order valence-electron chi connectivity index (χ2n) is 6.33. The molecule has 1 unspecified atom stereocenters. The first kappa shape index (κ1) is 19.3. The van der Waals surface area contributed by atoms with E-state index in [0.717, 1.165) is 49.1 Å². The highest BCUT2D eigenvalue weighted by atomic mass is 32.1. The van der Waals surface area contributed by atoms with Crippen molar-refractivity contribution in [3.8, 4) is 0 Å². The molecule has 0 bridgehead atoms. The molecule has 142 valence electrons. The van der Waals surface area contributed by atoms with Gasteiger partial charge in [-0.1, -0.05) is 6.07 Å². The highest BCUT2D eigenvalue weighted by Crippen LogP contribution is 2.31. The maximum absolute atomic E-state index is 12.6. The predicted octanol–water partition coefficient (Wildman–Crippen LogP) is 4.34. The Kier molecular flexibility index (Phi) is 5.74. The van der Waals surface area contributed by atoms with Gasteiger partial charge in [0.1, 0.15) is 0 Å². The number of halogens is 3. The molecule has 1 amide bonds. The van der Waals surface area contributed by atoms with E-state index >= 15 is 0 Å². The van der Waals surface area contributed by atoms with Gasteiger partial charge in [0.2, 0.25) is 0 Å². The molecule has 1 aromatic heterocycles. The fourth-order valence-corrected chi connectivity index (χ4v) is 3.46. The van der Waals surface area contributed by atoms with Gasteiger partial charge in [0.25, 0.3) is 5.91 Å². The lowest BCUT2D eigenvalue weighted by atomic mass is 9.97. The van der Waals surface area contributed by atoms with Gasteiger partial charge in [-0.2, -0.15) is 13.2 Å². The summed E-state index contributed by atoms with van der Waals surface area (Å²) in [7, 11) is 0. The number of amides is 1.